The molecule has 0 aliphatic heterocycles. The summed E-state index contributed by atoms with van der Waals surface area (Å²) in [5.74, 6) is 0. The fraction of sp³-hybridized carbons (Fsp3) is 0.818. The Labute approximate surface area is 95.4 Å². The third-order valence-electron chi connectivity index (χ3n) is 3.23. The highest BCUT2D eigenvalue weighted by Crippen LogP contribution is 2.30. The van der Waals surface area contributed by atoms with Crippen LogP contribution in [0.2, 0.25) is 0 Å². The van der Waals surface area contributed by atoms with Gasteiger partial charge >= 0.3 is 0 Å². The molecule has 1 heterocycles. The van der Waals surface area contributed by atoms with Crippen molar-refractivity contribution >= 4 is 0 Å². The number of hydrogen-bond donors (Lipinski definition) is 1. The van der Waals surface area contributed by atoms with Gasteiger partial charge in [-0.2, -0.15) is 0 Å². The summed E-state index contributed by atoms with van der Waals surface area (Å²) in [5, 5.41) is 17.4. The summed E-state index contributed by atoms with van der Waals surface area (Å²) in [7, 11) is 1.68. The zero-order valence-corrected chi connectivity index (χ0v) is 9.72. The standard InChI is InChI=1S/C11H19N3O2/c1-16-7-6-11-10(8-15)12-13-14(11)9-4-2-3-5-9/h9,15H,2-8H2,1H3. The fourth-order valence-electron chi connectivity index (χ4n) is 2.37. The highest BCUT2D eigenvalue weighted by molar-refractivity contribution is 5.10. The van der Waals surface area contributed by atoms with Gasteiger partial charge in [0, 0.05) is 13.5 Å². The second kappa shape index (κ2) is 5.41. The highest BCUT2D eigenvalue weighted by Gasteiger charge is 2.22. The van der Waals surface area contributed by atoms with Crippen LogP contribution in [0.15, 0.2) is 0 Å². The Bertz CT molecular complexity index is 332. The van der Waals surface area contributed by atoms with E-state index in [0.29, 0.717) is 18.3 Å². The molecule has 1 aliphatic rings. The minimum absolute atomic E-state index is 0.0359. The number of nitrogens with zero attached hydrogens (tertiary/aromatic N) is 3. The molecule has 0 atom stereocenters. The maximum atomic E-state index is 9.22. The fourth-order valence-corrected chi connectivity index (χ4v) is 2.37. The minimum Gasteiger partial charge on any atom is -0.390 e. The van der Waals surface area contributed by atoms with Crippen LogP contribution in [0.25, 0.3) is 0 Å². The Balaban J connectivity index is 2.18. The number of aliphatic hydroxyl groups is 1. The molecule has 0 radical (unpaired) electrons. The van der Waals surface area contributed by atoms with Gasteiger partial charge in [-0.25, -0.2) is 4.68 Å². The molecule has 1 aliphatic carbocycles. The summed E-state index contributed by atoms with van der Waals surface area (Å²) >= 11 is 0. The van der Waals surface area contributed by atoms with E-state index >= 15 is 0 Å². The maximum Gasteiger partial charge on any atom is 0.111 e. The first-order valence-electron chi connectivity index (χ1n) is 5.89. The SMILES string of the molecule is COCCc1c(CO)nnn1C1CCCC1. The number of aromatic nitrogens is 3. The van der Waals surface area contributed by atoms with Gasteiger partial charge in [-0.05, 0) is 12.8 Å². The maximum absolute atomic E-state index is 9.22. The molecule has 90 valence electrons. The molecule has 16 heavy (non-hydrogen) atoms. The summed E-state index contributed by atoms with van der Waals surface area (Å²) < 4.78 is 7.08. The van der Waals surface area contributed by atoms with Crippen molar-refractivity contribution in [2.45, 2.75) is 44.8 Å². The van der Waals surface area contributed by atoms with Crippen LogP contribution in [-0.4, -0.2) is 33.8 Å². The summed E-state index contributed by atoms with van der Waals surface area (Å²) in [6, 6.07) is 0.472. The minimum atomic E-state index is -0.0359. The van der Waals surface area contributed by atoms with Gasteiger partial charge in [0.05, 0.1) is 24.9 Å². The average molecular weight is 225 g/mol. The van der Waals surface area contributed by atoms with Crippen molar-refractivity contribution in [3.05, 3.63) is 11.4 Å². The molecule has 0 bridgehead atoms. The van der Waals surface area contributed by atoms with Crippen LogP contribution in [0.5, 0.6) is 0 Å². The van der Waals surface area contributed by atoms with E-state index in [-0.39, 0.29) is 6.61 Å². The summed E-state index contributed by atoms with van der Waals surface area (Å²) in [6.07, 6.45) is 5.66. The smallest absolute Gasteiger partial charge is 0.111 e. The van der Waals surface area contributed by atoms with Gasteiger partial charge in [0.2, 0.25) is 0 Å². The van der Waals surface area contributed by atoms with Crippen molar-refractivity contribution in [1.29, 1.82) is 0 Å². The van der Waals surface area contributed by atoms with Crippen molar-refractivity contribution in [2.24, 2.45) is 0 Å². The lowest BCUT2D eigenvalue weighted by atomic mass is 10.2. The van der Waals surface area contributed by atoms with Gasteiger partial charge in [0.1, 0.15) is 5.69 Å². The lowest BCUT2D eigenvalue weighted by molar-refractivity contribution is 0.198. The van der Waals surface area contributed by atoms with E-state index in [9.17, 15) is 5.11 Å². The van der Waals surface area contributed by atoms with Crippen LogP contribution in [0.3, 0.4) is 0 Å². The lowest BCUT2D eigenvalue weighted by Gasteiger charge is -2.13. The van der Waals surface area contributed by atoms with Gasteiger partial charge in [-0.3, -0.25) is 0 Å². The van der Waals surface area contributed by atoms with E-state index in [1.165, 1.54) is 25.7 Å². The van der Waals surface area contributed by atoms with Crippen molar-refractivity contribution in [2.75, 3.05) is 13.7 Å². The van der Waals surface area contributed by atoms with Crippen molar-refractivity contribution in [3.63, 3.8) is 0 Å². The molecule has 0 saturated heterocycles. The van der Waals surface area contributed by atoms with E-state index in [4.69, 9.17) is 4.74 Å². The largest absolute Gasteiger partial charge is 0.390 e. The second-order valence-electron chi connectivity index (χ2n) is 4.27. The molecule has 1 N–H and O–H groups in total. The van der Waals surface area contributed by atoms with Gasteiger partial charge in [-0.1, -0.05) is 18.1 Å². The normalized spacial score (nSPS) is 17.1. The van der Waals surface area contributed by atoms with Crippen LogP contribution in [0, 0.1) is 0 Å². The highest BCUT2D eigenvalue weighted by atomic mass is 16.5. The Morgan fingerprint density at radius 1 is 1.44 bits per heavy atom. The first-order valence-corrected chi connectivity index (χ1v) is 5.89. The first kappa shape index (κ1) is 11.5. The molecule has 2 rings (SSSR count). The third kappa shape index (κ3) is 2.25. The Kier molecular flexibility index (Phi) is 3.90. The van der Waals surface area contributed by atoms with E-state index in [0.717, 1.165) is 12.1 Å². The lowest BCUT2D eigenvalue weighted by Crippen LogP contribution is -2.13. The van der Waals surface area contributed by atoms with Gasteiger partial charge < -0.3 is 9.84 Å². The number of ether oxygens (including phenoxy) is 1. The molecular weight excluding hydrogens is 206 g/mol. The van der Waals surface area contributed by atoms with Crippen LogP contribution >= 0.6 is 0 Å². The molecule has 5 heteroatoms. The van der Waals surface area contributed by atoms with E-state index in [1.54, 1.807) is 7.11 Å². The molecule has 1 saturated carbocycles. The van der Waals surface area contributed by atoms with Crippen molar-refractivity contribution in [3.8, 4) is 0 Å². The Morgan fingerprint density at radius 3 is 2.81 bits per heavy atom. The monoisotopic (exact) mass is 225 g/mol. The van der Waals surface area contributed by atoms with Crippen LogP contribution in [-0.2, 0) is 17.8 Å². The molecule has 0 unspecified atom stereocenters. The topological polar surface area (TPSA) is 60.2 Å². The molecule has 1 aromatic heterocycles. The first-order chi connectivity index (χ1) is 7.86. The van der Waals surface area contributed by atoms with Gasteiger partial charge in [0.15, 0.2) is 0 Å². The van der Waals surface area contributed by atoms with Gasteiger partial charge in [-0.15, -0.1) is 5.10 Å². The predicted molar refractivity (Wildman–Crippen MR) is 59.0 cm³/mol. The molecule has 0 aromatic carbocycles. The zero-order valence-electron chi connectivity index (χ0n) is 9.72. The van der Waals surface area contributed by atoms with Crippen molar-refractivity contribution in [1.82, 2.24) is 15.0 Å². The van der Waals surface area contributed by atoms with Gasteiger partial charge in [0.25, 0.3) is 0 Å². The van der Waals surface area contributed by atoms with Crippen LogP contribution in [0.1, 0.15) is 43.1 Å². The summed E-state index contributed by atoms with van der Waals surface area (Å²) in [5.41, 5.74) is 1.74. The zero-order chi connectivity index (χ0) is 11.4. The number of aliphatic hydroxyl groups excluding tert-OH is 1. The van der Waals surface area contributed by atoms with E-state index in [2.05, 4.69) is 10.3 Å². The molecule has 5 nitrogen and oxygen atoms in total. The molecule has 0 amide bonds. The Morgan fingerprint density at radius 2 is 2.19 bits per heavy atom. The van der Waals surface area contributed by atoms with Crippen LogP contribution in [0.4, 0.5) is 0 Å². The number of methoxy groups -OCH3 is 1. The molecule has 1 aromatic rings. The number of rotatable bonds is 5. The third-order valence-corrected chi connectivity index (χ3v) is 3.23. The summed E-state index contributed by atoms with van der Waals surface area (Å²) in [6.45, 7) is 0.610. The predicted octanol–water partition coefficient (Wildman–Crippen LogP) is 1.07. The summed E-state index contributed by atoms with van der Waals surface area (Å²) in [4.78, 5) is 0. The Hall–Kier alpha value is -0.940. The molecular formula is C11H19N3O2. The van der Waals surface area contributed by atoms with Crippen LogP contribution < -0.4 is 0 Å². The van der Waals surface area contributed by atoms with E-state index in [1.807, 2.05) is 4.68 Å². The quantitative estimate of drug-likeness (QED) is 0.814. The second-order valence-corrected chi connectivity index (χ2v) is 4.27. The average Bonchev–Trinajstić information content (AvgIpc) is 2.94. The number of hydrogen-bond acceptors (Lipinski definition) is 4. The van der Waals surface area contributed by atoms with E-state index < -0.39 is 0 Å². The van der Waals surface area contributed by atoms with Crippen molar-refractivity contribution < 1.29 is 9.84 Å². The molecule has 0 spiro atoms. The molecule has 1 fully saturated rings.